The lowest BCUT2D eigenvalue weighted by molar-refractivity contribution is 0.0521. The molecule has 2 aromatic heterocycles. The van der Waals surface area contributed by atoms with Gasteiger partial charge in [-0.2, -0.15) is 5.10 Å². The minimum atomic E-state index is -0.730. The van der Waals surface area contributed by atoms with Gasteiger partial charge in [0.05, 0.1) is 35.1 Å². The number of carbonyl (C=O) groups excluding carboxylic acids is 1. The van der Waals surface area contributed by atoms with Crippen molar-refractivity contribution in [3.05, 3.63) is 174 Å². The molecule has 0 spiro atoms. The number of rotatable bonds is 8. The first-order valence-electron chi connectivity index (χ1n) is 14.8. The Balaban J connectivity index is 1.35. The van der Waals surface area contributed by atoms with Gasteiger partial charge in [-0.1, -0.05) is 97.1 Å². The fourth-order valence-corrected chi connectivity index (χ4v) is 6.01. The number of hydrogen-bond acceptors (Lipinski definition) is 4. The summed E-state index contributed by atoms with van der Waals surface area (Å²) in [5.74, 6) is -1.33. The molecule has 6 nitrogen and oxygen atoms in total. The van der Waals surface area contributed by atoms with E-state index in [1.165, 1.54) is 12.1 Å². The van der Waals surface area contributed by atoms with E-state index in [4.69, 9.17) is 9.84 Å². The smallest absolute Gasteiger partial charge is 0.341 e. The molecule has 0 N–H and O–H groups in total. The molecule has 220 valence electrons. The summed E-state index contributed by atoms with van der Waals surface area (Å²) in [6.07, 6.45) is 5.60. The first-order chi connectivity index (χ1) is 22.1. The molecule has 0 bridgehead atoms. The molecule has 0 fully saturated rings. The molecule has 45 heavy (non-hydrogen) atoms. The van der Waals surface area contributed by atoms with Crippen molar-refractivity contribution in [2.24, 2.45) is 0 Å². The van der Waals surface area contributed by atoms with E-state index in [0.29, 0.717) is 5.69 Å². The van der Waals surface area contributed by atoms with Crippen LogP contribution in [0, 0.1) is 5.82 Å². The second kappa shape index (κ2) is 11.7. The maximum atomic E-state index is 14.9. The molecule has 7 aromatic rings. The van der Waals surface area contributed by atoms with Crippen molar-refractivity contribution in [1.29, 1.82) is 0 Å². The third-order valence-corrected chi connectivity index (χ3v) is 8.11. The number of halogens is 1. The van der Waals surface area contributed by atoms with Crippen LogP contribution in [-0.2, 0) is 10.3 Å². The Morgan fingerprint density at radius 1 is 0.778 bits per heavy atom. The second-order valence-electron chi connectivity index (χ2n) is 10.7. The molecule has 5 aromatic carbocycles. The maximum Gasteiger partial charge on any atom is 0.341 e. The number of nitrogens with zero attached hydrogens (tertiary/aromatic N) is 4. The normalized spacial score (nSPS) is 11.5. The van der Waals surface area contributed by atoms with Crippen LogP contribution in [0.15, 0.2) is 146 Å². The zero-order valence-electron chi connectivity index (χ0n) is 24.5. The monoisotopic (exact) mass is 592 g/mol. The standard InChI is InChI=1S/C38H29FN4O2/c1-2-45-37(44)33-20-19-32(23-34(33)39)42-26-40-35-21-18-27(22-36(35)42)28-24-41-43(25-28)38(29-12-6-3-7-13-29,30-14-8-4-9-15-30)31-16-10-5-11-17-31/h3-26H,2H2,1H3. The van der Waals surface area contributed by atoms with Crippen LogP contribution >= 0.6 is 0 Å². The van der Waals surface area contributed by atoms with Crippen LogP contribution in [0.25, 0.3) is 27.8 Å². The summed E-state index contributed by atoms with van der Waals surface area (Å²) < 4.78 is 23.8. The van der Waals surface area contributed by atoms with Crippen molar-refractivity contribution in [3.8, 4) is 16.8 Å². The number of fused-ring (bicyclic) bond motifs is 1. The third kappa shape index (κ3) is 4.88. The highest BCUT2D eigenvalue weighted by atomic mass is 19.1. The van der Waals surface area contributed by atoms with Gasteiger partial charge in [0.2, 0.25) is 0 Å². The van der Waals surface area contributed by atoms with Crippen LogP contribution in [-0.4, -0.2) is 31.9 Å². The number of esters is 1. The molecule has 0 aliphatic heterocycles. The summed E-state index contributed by atoms with van der Waals surface area (Å²) in [5.41, 5.74) is 6.37. The first kappa shape index (κ1) is 28.0. The highest BCUT2D eigenvalue weighted by Crippen LogP contribution is 2.41. The summed E-state index contributed by atoms with van der Waals surface area (Å²) in [6, 6.07) is 41.6. The number of benzene rings is 5. The average Bonchev–Trinajstić information content (AvgIpc) is 3.75. The maximum absolute atomic E-state index is 14.9. The minimum absolute atomic E-state index is 0.100. The van der Waals surface area contributed by atoms with Gasteiger partial charge in [-0.3, -0.25) is 9.25 Å². The second-order valence-corrected chi connectivity index (χ2v) is 10.7. The van der Waals surface area contributed by atoms with Crippen LogP contribution in [0.4, 0.5) is 4.39 Å². The molecule has 7 heteroatoms. The molecule has 0 saturated heterocycles. The van der Waals surface area contributed by atoms with Gasteiger partial charge < -0.3 is 4.74 Å². The van der Waals surface area contributed by atoms with E-state index in [-0.39, 0.29) is 12.2 Å². The number of ether oxygens (including phenoxy) is 1. The molecule has 0 atom stereocenters. The Morgan fingerprint density at radius 3 is 1.98 bits per heavy atom. The van der Waals surface area contributed by atoms with Gasteiger partial charge in [-0.05, 0) is 59.5 Å². The average molecular weight is 593 g/mol. The molecule has 0 aliphatic carbocycles. The summed E-state index contributed by atoms with van der Waals surface area (Å²) in [6.45, 7) is 1.86. The molecule has 0 saturated carbocycles. The SMILES string of the molecule is CCOC(=O)c1ccc(-n2cnc3ccc(-c4cnn(C(c5ccccc5)(c5ccccc5)c5ccccc5)c4)cc32)cc1F. The lowest BCUT2D eigenvalue weighted by Gasteiger charge is -2.36. The molecular weight excluding hydrogens is 563 g/mol. The van der Waals surface area contributed by atoms with Crippen molar-refractivity contribution >= 4 is 17.0 Å². The first-order valence-corrected chi connectivity index (χ1v) is 14.8. The summed E-state index contributed by atoms with van der Waals surface area (Å²) >= 11 is 0. The summed E-state index contributed by atoms with van der Waals surface area (Å²) in [7, 11) is 0. The number of imidazole rings is 1. The lowest BCUT2D eigenvalue weighted by atomic mass is 9.77. The van der Waals surface area contributed by atoms with Gasteiger partial charge in [-0.15, -0.1) is 0 Å². The molecule has 0 radical (unpaired) electrons. The molecule has 2 heterocycles. The zero-order chi connectivity index (χ0) is 30.8. The largest absolute Gasteiger partial charge is 0.462 e. The van der Waals surface area contributed by atoms with Gasteiger partial charge in [0.1, 0.15) is 17.7 Å². The van der Waals surface area contributed by atoms with E-state index >= 15 is 0 Å². The predicted octanol–water partition coefficient (Wildman–Crippen LogP) is 8.05. The summed E-state index contributed by atoms with van der Waals surface area (Å²) in [4.78, 5) is 16.7. The third-order valence-electron chi connectivity index (χ3n) is 8.11. The number of hydrogen-bond donors (Lipinski definition) is 0. The van der Waals surface area contributed by atoms with E-state index in [0.717, 1.165) is 38.9 Å². The van der Waals surface area contributed by atoms with Crippen LogP contribution in [0.5, 0.6) is 0 Å². The molecular formula is C38H29FN4O2. The van der Waals surface area contributed by atoms with Gasteiger partial charge in [0.15, 0.2) is 0 Å². The Morgan fingerprint density at radius 2 is 1.40 bits per heavy atom. The number of aromatic nitrogens is 4. The molecule has 0 unspecified atom stereocenters. The van der Waals surface area contributed by atoms with Gasteiger partial charge >= 0.3 is 5.97 Å². The minimum Gasteiger partial charge on any atom is -0.462 e. The Labute approximate surface area is 260 Å². The van der Waals surface area contributed by atoms with E-state index in [1.54, 1.807) is 19.3 Å². The predicted molar refractivity (Wildman–Crippen MR) is 173 cm³/mol. The lowest BCUT2D eigenvalue weighted by Crippen LogP contribution is -2.38. The Bertz CT molecular complexity index is 2010. The van der Waals surface area contributed by atoms with Crippen LogP contribution in [0.1, 0.15) is 34.0 Å². The van der Waals surface area contributed by atoms with Crippen molar-refractivity contribution in [1.82, 2.24) is 19.3 Å². The van der Waals surface area contributed by atoms with Gasteiger partial charge in [0, 0.05) is 11.8 Å². The number of carbonyl (C=O) groups is 1. The van der Waals surface area contributed by atoms with E-state index < -0.39 is 17.3 Å². The Kier molecular flexibility index (Phi) is 7.27. The molecule has 7 rings (SSSR count). The van der Waals surface area contributed by atoms with Crippen molar-refractivity contribution in [2.75, 3.05) is 6.61 Å². The van der Waals surface area contributed by atoms with Crippen molar-refractivity contribution < 1.29 is 13.9 Å². The van der Waals surface area contributed by atoms with Crippen molar-refractivity contribution in [3.63, 3.8) is 0 Å². The van der Waals surface area contributed by atoms with Crippen molar-refractivity contribution in [2.45, 2.75) is 12.5 Å². The van der Waals surface area contributed by atoms with Gasteiger partial charge in [-0.25, -0.2) is 14.2 Å². The Hall–Kier alpha value is -5.82. The van der Waals surface area contributed by atoms with Crippen LogP contribution in [0.3, 0.4) is 0 Å². The highest BCUT2D eigenvalue weighted by molar-refractivity contribution is 5.90. The highest BCUT2D eigenvalue weighted by Gasteiger charge is 2.39. The van der Waals surface area contributed by atoms with E-state index in [2.05, 4.69) is 84.0 Å². The topological polar surface area (TPSA) is 61.9 Å². The van der Waals surface area contributed by atoms with E-state index in [9.17, 15) is 9.18 Å². The quantitative estimate of drug-likeness (QED) is 0.132. The zero-order valence-corrected chi connectivity index (χ0v) is 24.5. The fourth-order valence-electron chi connectivity index (χ4n) is 6.01. The molecule has 0 aliphatic rings. The fraction of sp³-hybridized carbons (Fsp3) is 0.0789. The summed E-state index contributed by atoms with van der Waals surface area (Å²) in [5, 5.41) is 5.00. The van der Waals surface area contributed by atoms with Crippen LogP contribution in [0.2, 0.25) is 0 Å². The van der Waals surface area contributed by atoms with E-state index in [1.807, 2.05) is 51.8 Å². The molecule has 0 amide bonds. The van der Waals surface area contributed by atoms with Crippen LogP contribution < -0.4 is 0 Å². The van der Waals surface area contributed by atoms with Gasteiger partial charge in [0.25, 0.3) is 0 Å².